The van der Waals surface area contributed by atoms with Gasteiger partial charge in [0.2, 0.25) is 5.91 Å². The van der Waals surface area contributed by atoms with Gasteiger partial charge < -0.3 is 11.1 Å². The minimum Gasteiger partial charge on any atom is -0.392 e. The number of amides is 1. The Kier molecular flexibility index (Phi) is 3.66. The highest BCUT2D eigenvalue weighted by atomic mass is 32.1. The molecule has 3 N–H and O–H groups in total. The summed E-state index contributed by atoms with van der Waals surface area (Å²) in [6.07, 6.45) is 2.59. The first kappa shape index (κ1) is 13.0. The smallest absolute Gasteiger partial charge is 0.233 e. The first-order valence-corrected chi connectivity index (χ1v) is 6.65. The molecule has 1 amide bonds. The number of benzene rings is 1. The van der Waals surface area contributed by atoms with Gasteiger partial charge in [0.05, 0.1) is 10.4 Å². The second kappa shape index (κ2) is 5.06. The number of aryl methyl sites for hydroxylation is 1. The maximum atomic E-state index is 12.0. The molecule has 0 spiro atoms. The summed E-state index contributed by atoms with van der Waals surface area (Å²) in [4.78, 5) is 12.3. The fourth-order valence-corrected chi connectivity index (χ4v) is 2.25. The second-order valence-electron chi connectivity index (χ2n) is 4.80. The molecule has 1 aliphatic carbocycles. The molecule has 2 rings (SSSR count). The lowest BCUT2D eigenvalue weighted by atomic mass is 10.1. The fourth-order valence-electron chi connectivity index (χ4n) is 1.95. The summed E-state index contributed by atoms with van der Waals surface area (Å²) < 4.78 is 0. The Bertz CT molecular complexity index is 463. The monoisotopic (exact) mass is 262 g/mol. The zero-order valence-corrected chi connectivity index (χ0v) is 11.3. The Morgan fingerprint density at radius 3 is 2.33 bits per heavy atom. The van der Waals surface area contributed by atoms with E-state index < -0.39 is 5.41 Å². The predicted octanol–water partition coefficient (Wildman–Crippen LogP) is 1.93. The molecule has 0 bridgehead atoms. The molecule has 1 fully saturated rings. The highest BCUT2D eigenvalue weighted by Crippen LogP contribution is 2.46. The van der Waals surface area contributed by atoms with Crippen molar-refractivity contribution >= 4 is 23.1 Å². The average molecular weight is 262 g/mol. The van der Waals surface area contributed by atoms with Crippen molar-refractivity contribution < 1.29 is 4.79 Å². The number of carbonyl (C=O) groups is 1. The standard InChI is InChI=1S/C14H18N2OS/c1-2-10-3-5-11(6-4-10)9-16-13(17)14(7-8-14)12(15)18/h3-6H,2,7-9H2,1H3,(H2,15,18)(H,16,17). The van der Waals surface area contributed by atoms with E-state index in [0.717, 1.165) is 24.8 Å². The Morgan fingerprint density at radius 2 is 1.89 bits per heavy atom. The number of hydrogen-bond donors (Lipinski definition) is 2. The third kappa shape index (κ3) is 2.53. The van der Waals surface area contributed by atoms with Gasteiger partial charge >= 0.3 is 0 Å². The van der Waals surface area contributed by atoms with Gasteiger partial charge in [-0.15, -0.1) is 0 Å². The number of carbonyl (C=O) groups excluding carboxylic acids is 1. The van der Waals surface area contributed by atoms with Gasteiger partial charge in [-0.25, -0.2) is 0 Å². The van der Waals surface area contributed by atoms with Crippen molar-refractivity contribution in [3.05, 3.63) is 35.4 Å². The normalized spacial score (nSPS) is 16.1. The Labute approximate surface area is 113 Å². The number of nitrogens with one attached hydrogen (secondary N) is 1. The number of nitrogens with two attached hydrogens (primary N) is 1. The summed E-state index contributed by atoms with van der Waals surface area (Å²) in [5, 5.41) is 2.91. The average Bonchev–Trinajstić information content (AvgIpc) is 3.18. The van der Waals surface area contributed by atoms with Crippen LogP contribution in [0.3, 0.4) is 0 Å². The predicted molar refractivity (Wildman–Crippen MR) is 76.1 cm³/mol. The van der Waals surface area contributed by atoms with Crippen LogP contribution in [0.25, 0.3) is 0 Å². The summed E-state index contributed by atoms with van der Waals surface area (Å²) in [6, 6.07) is 8.25. The molecule has 0 unspecified atom stereocenters. The quantitative estimate of drug-likeness (QED) is 0.797. The maximum Gasteiger partial charge on any atom is 0.233 e. The second-order valence-corrected chi connectivity index (χ2v) is 5.24. The number of thiocarbonyl (C=S) groups is 1. The van der Waals surface area contributed by atoms with Gasteiger partial charge in [-0.2, -0.15) is 0 Å². The van der Waals surface area contributed by atoms with E-state index in [-0.39, 0.29) is 5.91 Å². The molecule has 4 heteroatoms. The molecular formula is C14H18N2OS. The Morgan fingerprint density at radius 1 is 1.33 bits per heavy atom. The molecule has 0 aliphatic heterocycles. The van der Waals surface area contributed by atoms with E-state index in [2.05, 4.69) is 24.4 Å². The van der Waals surface area contributed by atoms with Crippen molar-refractivity contribution in [2.45, 2.75) is 32.7 Å². The zero-order chi connectivity index (χ0) is 13.2. The highest BCUT2D eigenvalue weighted by Gasteiger charge is 2.52. The van der Waals surface area contributed by atoms with Gasteiger partial charge in [0.25, 0.3) is 0 Å². The van der Waals surface area contributed by atoms with Crippen molar-refractivity contribution in [1.29, 1.82) is 0 Å². The van der Waals surface area contributed by atoms with Gasteiger partial charge in [0.15, 0.2) is 0 Å². The van der Waals surface area contributed by atoms with Crippen LogP contribution in [0.4, 0.5) is 0 Å². The Hall–Kier alpha value is -1.42. The van der Waals surface area contributed by atoms with E-state index in [4.69, 9.17) is 18.0 Å². The molecular weight excluding hydrogens is 244 g/mol. The van der Waals surface area contributed by atoms with Gasteiger partial charge in [0.1, 0.15) is 0 Å². The summed E-state index contributed by atoms with van der Waals surface area (Å²) in [5.41, 5.74) is 7.45. The van der Waals surface area contributed by atoms with Gasteiger partial charge in [0, 0.05) is 6.54 Å². The molecule has 1 saturated carbocycles. The molecule has 18 heavy (non-hydrogen) atoms. The van der Waals surface area contributed by atoms with E-state index in [1.165, 1.54) is 5.56 Å². The van der Waals surface area contributed by atoms with Gasteiger partial charge in [-0.3, -0.25) is 4.79 Å². The summed E-state index contributed by atoms with van der Waals surface area (Å²) in [5.74, 6) is -0.0328. The first-order valence-electron chi connectivity index (χ1n) is 6.24. The van der Waals surface area contributed by atoms with Crippen molar-refractivity contribution in [2.75, 3.05) is 0 Å². The fraction of sp³-hybridized carbons (Fsp3) is 0.429. The summed E-state index contributed by atoms with van der Waals surface area (Å²) in [7, 11) is 0. The zero-order valence-electron chi connectivity index (χ0n) is 10.5. The molecule has 1 aromatic rings. The lowest BCUT2D eigenvalue weighted by Crippen LogP contribution is -2.39. The van der Waals surface area contributed by atoms with E-state index >= 15 is 0 Å². The topological polar surface area (TPSA) is 55.1 Å². The van der Waals surface area contributed by atoms with E-state index in [1.807, 2.05) is 12.1 Å². The highest BCUT2D eigenvalue weighted by molar-refractivity contribution is 7.80. The van der Waals surface area contributed by atoms with Crippen molar-refractivity contribution in [1.82, 2.24) is 5.32 Å². The minimum absolute atomic E-state index is 0.0328. The van der Waals surface area contributed by atoms with Crippen molar-refractivity contribution in [3.8, 4) is 0 Å². The van der Waals surface area contributed by atoms with Crippen LogP contribution in [0.2, 0.25) is 0 Å². The summed E-state index contributed by atoms with van der Waals surface area (Å²) >= 11 is 4.95. The van der Waals surface area contributed by atoms with Crippen LogP contribution in [-0.4, -0.2) is 10.9 Å². The molecule has 0 heterocycles. The number of rotatable bonds is 5. The molecule has 0 saturated heterocycles. The van der Waals surface area contributed by atoms with Crippen LogP contribution in [0.5, 0.6) is 0 Å². The van der Waals surface area contributed by atoms with Crippen molar-refractivity contribution in [3.63, 3.8) is 0 Å². The minimum atomic E-state index is -0.557. The van der Waals surface area contributed by atoms with Crippen LogP contribution < -0.4 is 11.1 Å². The molecule has 0 atom stereocenters. The third-order valence-corrected chi connectivity index (χ3v) is 3.93. The number of hydrogen-bond acceptors (Lipinski definition) is 2. The Balaban J connectivity index is 1.91. The molecule has 0 radical (unpaired) electrons. The molecule has 3 nitrogen and oxygen atoms in total. The van der Waals surface area contributed by atoms with Crippen LogP contribution in [0.15, 0.2) is 24.3 Å². The van der Waals surface area contributed by atoms with Gasteiger partial charge in [-0.05, 0) is 30.4 Å². The SMILES string of the molecule is CCc1ccc(CNC(=O)C2(C(N)=S)CC2)cc1. The first-order chi connectivity index (χ1) is 8.58. The maximum absolute atomic E-state index is 12.0. The van der Waals surface area contributed by atoms with E-state index in [0.29, 0.717) is 11.5 Å². The molecule has 0 aromatic heterocycles. The van der Waals surface area contributed by atoms with Crippen LogP contribution in [-0.2, 0) is 17.8 Å². The lowest BCUT2D eigenvalue weighted by molar-refractivity contribution is -0.124. The van der Waals surface area contributed by atoms with Crippen LogP contribution in [0, 0.1) is 5.41 Å². The summed E-state index contributed by atoms with van der Waals surface area (Å²) in [6.45, 7) is 2.66. The molecule has 1 aromatic carbocycles. The van der Waals surface area contributed by atoms with Gasteiger partial charge in [-0.1, -0.05) is 43.4 Å². The van der Waals surface area contributed by atoms with E-state index in [9.17, 15) is 4.79 Å². The van der Waals surface area contributed by atoms with Crippen molar-refractivity contribution in [2.24, 2.45) is 11.1 Å². The molecule has 1 aliphatic rings. The van der Waals surface area contributed by atoms with E-state index in [1.54, 1.807) is 0 Å². The van der Waals surface area contributed by atoms with Crippen LogP contribution in [0.1, 0.15) is 30.9 Å². The van der Waals surface area contributed by atoms with Crippen LogP contribution >= 0.6 is 12.2 Å². The lowest BCUT2D eigenvalue weighted by Gasteiger charge is -2.13. The largest absolute Gasteiger partial charge is 0.392 e. The third-order valence-electron chi connectivity index (χ3n) is 3.54. The molecule has 96 valence electrons.